The first-order valence-corrected chi connectivity index (χ1v) is 6.45. The minimum atomic E-state index is -0.365. The van der Waals surface area contributed by atoms with E-state index >= 15 is 0 Å². The first-order chi connectivity index (χ1) is 8.34. The van der Waals surface area contributed by atoms with Crippen LogP contribution in [0.3, 0.4) is 0 Å². The standard InChI is InChI=1S/C11H15BrN4O2/c1-6(2)5-16-8-7(13-10(16)12)9(17)15(4)11(18)14(8)3/h6H,5H2,1-4H3. The number of hydrogen-bond donors (Lipinski definition) is 0. The predicted octanol–water partition coefficient (Wildman–Crippen LogP) is 0.852. The highest BCUT2D eigenvalue weighted by molar-refractivity contribution is 9.10. The fourth-order valence-electron chi connectivity index (χ4n) is 1.99. The third-order valence-corrected chi connectivity index (χ3v) is 3.45. The number of rotatable bonds is 2. The van der Waals surface area contributed by atoms with Gasteiger partial charge in [0.25, 0.3) is 5.56 Å². The summed E-state index contributed by atoms with van der Waals surface area (Å²) in [6, 6.07) is 0. The van der Waals surface area contributed by atoms with Crippen molar-refractivity contribution in [2.24, 2.45) is 20.0 Å². The van der Waals surface area contributed by atoms with Crippen LogP contribution in [0, 0.1) is 5.92 Å². The Bertz CT molecular complexity index is 723. The van der Waals surface area contributed by atoms with E-state index in [-0.39, 0.29) is 11.2 Å². The number of nitrogens with zero attached hydrogens (tertiary/aromatic N) is 4. The molecule has 0 aliphatic carbocycles. The molecule has 7 heteroatoms. The molecule has 0 atom stereocenters. The van der Waals surface area contributed by atoms with Crippen LogP contribution in [-0.4, -0.2) is 18.7 Å². The molecule has 0 aliphatic heterocycles. The van der Waals surface area contributed by atoms with Crippen molar-refractivity contribution in [1.82, 2.24) is 18.7 Å². The minimum Gasteiger partial charge on any atom is -0.304 e. The molecule has 0 bridgehead atoms. The van der Waals surface area contributed by atoms with Crippen LogP contribution in [0.25, 0.3) is 11.2 Å². The van der Waals surface area contributed by atoms with Gasteiger partial charge in [-0.25, -0.2) is 9.78 Å². The number of fused-ring (bicyclic) bond motifs is 1. The molecule has 2 aromatic rings. The van der Waals surface area contributed by atoms with E-state index in [4.69, 9.17) is 0 Å². The monoisotopic (exact) mass is 314 g/mol. The molecule has 18 heavy (non-hydrogen) atoms. The quantitative estimate of drug-likeness (QED) is 0.772. The van der Waals surface area contributed by atoms with E-state index in [1.165, 1.54) is 11.6 Å². The van der Waals surface area contributed by atoms with Crippen molar-refractivity contribution in [2.75, 3.05) is 0 Å². The Morgan fingerprint density at radius 2 is 1.83 bits per heavy atom. The summed E-state index contributed by atoms with van der Waals surface area (Å²) in [6.45, 7) is 4.83. The minimum absolute atomic E-state index is 0.312. The number of halogens is 1. The maximum absolute atomic E-state index is 12.0. The molecule has 0 amide bonds. The van der Waals surface area contributed by atoms with E-state index in [1.54, 1.807) is 7.05 Å². The fraction of sp³-hybridized carbons (Fsp3) is 0.545. The van der Waals surface area contributed by atoms with Crippen LogP contribution in [0.15, 0.2) is 14.3 Å². The molecule has 0 unspecified atom stereocenters. The van der Waals surface area contributed by atoms with E-state index in [0.29, 0.717) is 28.4 Å². The van der Waals surface area contributed by atoms with Gasteiger partial charge in [0.15, 0.2) is 15.9 Å². The molecule has 0 saturated carbocycles. The van der Waals surface area contributed by atoms with Gasteiger partial charge >= 0.3 is 5.69 Å². The Labute approximate surface area is 112 Å². The molecule has 0 radical (unpaired) electrons. The summed E-state index contributed by atoms with van der Waals surface area (Å²) in [5, 5.41) is 0. The lowest BCUT2D eigenvalue weighted by atomic mass is 10.2. The van der Waals surface area contributed by atoms with E-state index in [2.05, 4.69) is 34.8 Å². The highest BCUT2D eigenvalue weighted by Crippen LogP contribution is 2.18. The van der Waals surface area contributed by atoms with Gasteiger partial charge in [-0.2, -0.15) is 0 Å². The van der Waals surface area contributed by atoms with Crippen molar-refractivity contribution in [1.29, 1.82) is 0 Å². The second-order valence-electron chi connectivity index (χ2n) is 4.76. The van der Waals surface area contributed by atoms with Gasteiger partial charge in [-0.1, -0.05) is 13.8 Å². The van der Waals surface area contributed by atoms with Crippen LogP contribution < -0.4 is 11.2 Å². The van der Waals surface area contributed by atoms with Crippen molar-refractivity contribution in [3.05, 3.63) is 25.6 Å². The van der Waals surface area contributed by atoms with Crippen molar-refractivity contribution in [3.8, 4) is 0 Å². The zero-order valence-electron chi connectivity index (χ0n) is 10.8. The fourth-order valence-corrected chi connectivity index (χ4v) is 2.48. The van der Waals surface area contributed by atoms with Crippen LogP contribution in [0.5, 0.6) is 0 Å². The zero-order chi connectivity index (χ0) is 13.6. The summed E-state index contributed by atoms with van der Waals surface area (Å²) < 4.78 is 4.95. The molecule has 0 aliphatic rings. The molecule has 0 spiro atoms. The van der Waals surface area contributed by atoms with Crippen LogP contribution in [0.2, 0.25) is 0 Å². The maximum atomic E-state index is 12.0. The lowest BCUT2D eigenvalue weighted by molar-refractivity contribution is 0.517. The van der Waals surface area contributed by atoms with Crippen molar-refractivity contribution >= 4 is 27.1 Å². The first kappa shape index (κ1) is 13.1. The molecule has 0 saturated heterocycles. The van der Waals surface area contributed by atoms with Gasteiger partial charge in [-0.05, 0) is 21.8 Å². The van der Waals surface area contributed by atoms with Crippen LogP contribution in [0.4, 0.5) is 0 Å². The molecule has 2 aromatic heterocycles. The van der Waals surface area contributed by atoms with E-state index < -0.39 is 0 Å². The average molecular weight is 315 g/mol. The van der Waals surface area contributed by atoms with Crippen molar-refractivity contribution in [2.45, 2.75) is 20.4 Å². The van der Waals surface area contributed by atoms with Gasteiger partial charge in [-0.3, -0.25) is 13.9 Å². The number of aryl methyl sites for hydroxylation is 1. The molecule has 2 heterocycles. The lowest BCUT2D eigenvalue weighted by Gasteiger charge is -2.11. The third-order valence-electron chi connectivity index (χ3n) is 2.84. The van der Waals surface area contributed by atoms with Gasteiger partial charge in [0.05, 0.1) is 0 Å². The van der Waals surface area contributed by atoms with Gasteiger partial charge in [0.1, 0.15) is 0 Å². The molecule has 0 aromatic carbocycles. The number of hydrogen-bond acceptors (Lipinski definition) is 3. The van der Waals surface area contributed by atoms with Gasteiger partial charge < -0.3 is 4.57 Å². The predicted molar refractivity (Wildman–Crippen MR) is 72.8 cm³/mol. The average Bonchev–Trinajstić information content (AvgIpc) is 2.61. The summed E-state index contributed by atoms with van der Waals surface area (Å²) in [5.74, 6) is 0.387. The van der Waals surface area contributed by atoms with Gasteiger partial charge in [0, 0.05) is 20.6 Å². The Morgan fingerprint density at radius 1 is 1.22 bits per heavy atom. The molecule has 2 rings (SSSR count). The van der Waals surface area contributed by atoms with Crippen molar-refractivity contribution in [3.63, 3.8) is 0 Å². The zero-order valence-corrected chi connectivity index (χ0v) is 12.4. The topological polar surface area (TPSA) is 61.8 Å². The SMILES string of the molecule is CC(C)Cn1c(Br)nc2c(=O)n(C)c(=O)n(C)c21. The summed E-state index contributed by atoms with van der Waals surface area (Å²) in [5.41, 5.74) is 0.164. The molecule has 6 nitrogen and oxygen atoms in total. The summed E-state index contributed by atoms with van der Waals surface area (Å²) in [7, 11) is 3.11. The second-order valence-corrected chi connectivity index (χ2v) is 5.47. The largest absolute Gasteiger partial charge is 0.332 e. The van der Waals surface area contributed by atoms with Gasteiger partial charge in [-0.15, -0.1) is 0 Å². The van der Waals surface area contributed by atoms with Crippen LogP contribution in [-0.2, 0) is 20.6 Å². The third kappa shape index (κ3) is 1.82. The van der Waals surface area contributed by atoms with Crippen LogP contribution in [0.1, 0.15) is 13.8 Å². The summed E-state index contributed by atoms with van der Waals surface area (Å²) in [4.78, 5) is 28.1. The Balaban J connectivity index is 2.95. The molecular formula is C11H15BrN4O2. The number of imidazole rings is 1. The number of aromatic nitrogens is 4. The van der Waals surface area contributed by atoms with E-state index in [9.17, 15) is 9.59 Å². The van der Waals surface area contributed by atoms with Crippen LogP contribution >= 0.6 is 15.9 Å². The smallest absolute Gasteiger partial charge is 0.304 e. The van der Waals surface area contributed by atoms with Gasteiger partial charge in [0.2, 0.25) is 0 Å². The Morgan fingerprint density at radius 3 is 2.39 bits per heavy atom. The molecule has 0 fully saturated rings. The Hall–Kier alpha value is -1.37. The normalized spacial score (nSPS) is 11.7. The Kier molecular flexibility index (Phi) is 3.18. The molecule has 0 N–H and O–H groups in total. The highest BCUT2D eigenvalue weighted by Gasteiger charge is 2.17. The first-order valence-electron chi connectivity index (χ1n) is 5.66. The van der Waals surface area contributed by atoms with Crippen molar-refractivity contribution < 1.29 is 0 Å². The maximum Gasteiger partial charge on any atom is 0.332 e. The lowest BCUT2D eigenvalue weighted by Crippen LogP contribution is -2.37. The highest BCUT2D eigenvalue weighted by atomic mass is 79.9. The summed E-state index contributed by atoms with van der Waals surface area (Å²) >= 11 is 3.34. The summed E-state index contributed by atoms with van der Waals surface area (Å²) in [6.07, 6.45) is 0. The molecule has 98 valence electrons. The second kappa shape index (κ2) is 4.38. The molecular weight excluding hydrogens is 300 g/mol. The van der Waals surface area contributed by atoms with E-state index in [1.807, 2.05) is 4.57 Å². The van der Waals surface area contributed by atoms with E-state index in [0.717, 1.165) is 4.57 Å².